The van der Waals surface area contributed by atoms with Crippen molar-refractivity contribution < 1.29 is 23.9 Å². The van der Waals surface area contributed by atoms with Gasteiger partial charge in [0.15, 0.2) is 6.10 Å². The van der Waals surface area contributed by atoms with E-state index in [4.69, 9.17) is 10.5 Å². The van der Waals surface area contributed by atoms with E-state index in [1.165, 1.54) is 31.2 Å². The molecule has 0 radical (unpaired) electrons. The lowest BCUT2D eigenvalue weighted by Crippen LogP contribution is -2.35. The Morgan fingerprint density at radius 2 is 1.55 bits per heavy atom. The van der Waals surface area contributed by atoms with Gasteiger partial charge >= 0.3 is 5.97 Å². The summed E-state index contributed by atoms with van der Waals surface area (Å²) in [4.78, 5) is 47.6. The van der Waals surface area contributed by atoms with Gasteiger partial charge in [0.2, 0.25) is 5.91 Å². The summed E-state index contributed by atoms with van der Waals surface area (Å²) in [5.74, 6) is -2.30. The quantitative estimate of drug-likeness (QED) is 0.506. The highest BCUT2D eigenvalue weighted by Crippen LogP contribution is 2.15. The molecule has 4 N–H and O–H groups in total. The van der Waals surface area contributed by atoms with Crippen LogP contribution in [-0.2, 0) is 14.3 Å². The van der Waals surface area contributed by atoms with E-state index in [1.807, 2.05) is 30.3 Å². The molecule has 0 fully saturated rings. The summed E-state index contributed by atoms with van der Waals surface area (Å²) in [5, 5.41) is 6.96. The SMILES string of the molecule is C[C@@H](OC(=O)CNC(=O)c1ccc2ccccc2c1)C(=O)Nc1ccc(C(N)=O)cc1. The number of primary amides is 1. The van der Waals surface area contributed by atoms with Crippen molar-refractivity contribution in [3.63, 3.8) is 0 Å². The van der Waals surface area contributed by atoms with Gasteiger partial charge in [-0.05, 0) is 54.1 Å². The minimum absolute atomic E-state index is 0.305. The molecule has 8 nitrogen and oxygen atoms in total. The van der Waals surface area contributed by atoms with Crippen molar-refractivity contribution >= 4 is 40.2 Å². The predicted molar refractivity (Wildman–Crippen MR) is 115 cm³/mol. The minimum Gasteiger partial charge on any atom is -0.451 e. The molecule has 0 aliphatic heterocycles. The Morgan fingerprint density at radius 3 is 2.23 bits per heavy atom. The van der Waals surface area contributed by atoms with Crippen LogP contribution in [0.2, 0.25) is 0 Å². The number of hydrogen-bond acceptors (Lipinski definition) is 5. The highest BCUT2D eigenvalue weighted by Gasteiger charge is 2.19. The number of fused-ring (bicyclic) bond motifs is 1. The first-order chi connectivity index (χ1) is 14.8. The summed E-state index contributed by atoms with van der Waals surface area (Å²) in [6, 6.07) is 18.8. The number of nitrogens with two attached hydrogens (primary N) is 1. The molecule has 0 aromatic heterocycles. The minimum atomic E-state index is -1.08. The molecule has 0 bridgehead atoms. The van der Waals surface area contributed by atoms with E-state index in [2.05, 4.69) is 10.6 Å². The van der Waals surface area contributed by atoms with Gasteiger partial charge in [0.25, 0.3) is 11.8 Å². The first-order valence-corrected chi connectivity index (χ1v) is 9.50. The van der Waals surface area contributed by atoms with Crippen LogP contribution in [0.3, 0.4) is 0 Å². The molecule has 0 saturated carbocycles. The van der Waals surface area contributed by atoms with Gasteiger partial charge in [0.1, 0.15) is 6.54 Å². The number of carbonyl (C=O) groups is 4. The molecule has 0 unspecified atom stereocenters. The van der Waals surface area contributed by atoms with Crippen LogP contribution >= 0.6 is 0 Å². The van der Waals surface area contributed by atoms with Gasteiger partial charge in [-0.3, -0.25) is 19.2 Å². The monoisotopic (exact) mass is 419 g/mol. The molecule has 3 aromatic carbocycles. The second kappa shape index (κ2) is 9.53. The van der Waals surface area contributed by atoms with Gasteiger partial charge in [0, 0.05) is 16.8 Å². The highest BCUT2D eigenvalue weighted by atomic mass is 16.5. The maximum atomic E-state index is 12.3. The number of amides is 3. The zero-order valence-electron chi connectivity index (χ0n) is 16.8. The fraction of sp³-hybridized carbons (Fsp3) is 0.130. The van der Waals surface area contributed by atoms with Crippen LogP contribution in [0, 0.1) is 0 Å². The van der Waals surface area contributed by atoms with Gasteiger partial charge in [-0.1, -0.05) is 30.3 Å². The van der Waals surface area contributed by atoms with Crippen molar-refractivity contribution in [1.82, 2.24) is 5.32 Å². The Hall–Kier alpha value is -4.20. The number of hydrogen-bond donors (Lipinski definition) is 3. The third-order valence-electron chi connectivity index (χ3n) is 4.52. The van der Waals surface area contributed by atoms with Crippen molar-refractivity contribution in [1.29, 1.82) is 0 Å². The number of rotatable bonds is 7. The smallest absolute Gasteiger partial charge is 0.326 e. The number of benzene rings is 3. The molecule has 8 heteroatoms. The van der Waals surface area contributed by atoms with E-state index in [1.54, 1.807) is 12.1 Å². The molecule has 0 heterocycles. The summed E-state index contributed by atoms with van der Waals surface area (Å²) in [6.07, 6.45) is -1.08. The molecule has 0 spiro atoms. The van der Waals surface area contributed by atoms with Crippen LogP contribution in [0.15, 0.2) is 66.7 Å². The average molecular weight is 419 g/mol. The first-order valence-electron chi connectivity index (χ1n) is 9.50. The number of ether oxygens (including phenoxy) is 1. The second-order valence-electron chi connectivity index (χ2n) is 6.81. The maximum absolute atomic E-state index is 12.3. The van der Waals surface area contributed by atoms with Crippen LogP contribution in [0.4, 0.5) is 5.69 Å². The van der Waals surface area contributed by atoms with E-state index in [0.717, 1.165) is 10.8 Å². The Labute approximate surface area is 178 Å². The normalized spacial score (nSPS) is 11.4. The highest BCUT2D eigenvalue weighted by molar-refractivity contribution is 6.00. The van der Waals surface area contributed by atoms with E-state index in [9.17, 15) is 19.2 Å². The average Bonchev–Trinajstić information content (AvgIpc) is 2.77. The number of carbonyl (C=O) groups excluding carboxylic acids is 4. The lowest BCUT2D eigenvalue weighted by atomic mass is 10.1. The van der Waals surface area contributed by atoms with Crippen molar-refractivity contribution in [2.75, 3.05) is 11.9 Å². The molecule has 0 aliphatic rings. The van der Waals surface area contributed by atoms with Gasteiger partial charge in [-0.2, -0.15) is 0 Å². The van der Waals surface area contributed by atoms with Crippen molar-refractivity contribution in [2.24, 2.45) is 5.73 Å². The molecule has 1 atom stereocenters. The molecular formula is C23H21N3O5. The van der Waals surface area contributed by atoms with E-state index >= 15 is 0 Å². The van der Waals surface area contributed by atoms with E-state index in [-0.39, 0.29) is 6.54 Å². The Balaban J connectivity index is 1.49. The van der Waals surface area contributed by atoms with Crippen LogP contribution in [0.1, 0.15) is 27.6 Å². The molecule has 0 aliphatic carbocycles. The molecular weight excluding hydrogens is 398 g/mol. The summed E-state index contributed by atoms with van der Waals surface area (Å²) in [6.45, 7) is 1.03. The largest absolute Gasteiger partial charge is 0.451 e. The Bertz CT molecular complexity index is 1140. The lowest BCUT2D eigenvalue weighted by Gasteiger charge is -2.14. The fourth-order valence-electron chi connectivity index (χ4n) is 2.84. The van der Waals surface area contributed by atoms with Gasteiger partial charge in [-0.15, -0.1) is 0 Å². The summed E-state index contributed by atoms with van der Waals surface area (Å²) < 4.78 is 5.06. The standard InChI is InChI=1S/C23H21N3O5/c1-14(22(29)26-19-10-8-16(9-11-19)21(24)28)31-20(27)13-25-23(30)18-7-6-15-4-2-3-5-17(15)12-18/h2-12,14H,13H2,1H3,(H2,24,28)(H,25,30)(H,26,29)/t14-/m1/s1. The molecule has 3 aromatic rings. The van der Waals surface area contributed by atoms with Crippen LogP contribution < -0.4 is 16.4 Å². The van der Waals surface area contributed by atoms with E-state index < -0.39 is 29.8 Å². The number of esters is 1. The topological polar surface area (TPSA) is 128 Å². The van der Waals surface area contributed by atoms with Crippen molar-refractivity contribution in [3.05, 3.63) is 77.9 Å². The zero-order valence-corrected chi connectivity index (χ0v) is 16.8. The summed E-state index contributed by atoms with van der Waals surface area (Å²) in [5.41, 5.74) is 6.30. The Kier molecular flexibility index (Phi) is 6.61. The van der Waals surface area contributed by atoms with Crippen molar-refractivity contribution in [2.45, 2.75) is 13.0 Å². The molecule has 31 heavy (non-hydrogen) atoms. The molecule has 158 valence electrons. The zero-order chi connectivity index (χ0) is 22.4. The number of nitrogens with one attached hydrogen (secondary N) is 2. The van der Waals surface area contributed by atoms with Crippen molar-refractivity contribution in [3.8, 4) is 0 Å². The van der Waals surface area contributed by atoms with Gasteiger partial charge in [-0.25, -0.2) is 0 Å². The first kappa shape index (κ1) is 21.5. The van der Waals surface area contributed by atoms with Gasteiger partial charge in [0.05, 0.1) is 0 Å². The third kappa shape index (κ3) is 5.66. The Morgan fingerprint density at radius 1 is 0.903 bits per heavy atom. The maximum Gasteiger partial charge on any atom is 0.326 e. The molecule has 0 saturated heterocycles. The van der Waals surface area contributed by atoms with Crippen LogP contribution in [-0.4, -0.2) is 36.3 Å². The molecule has 3 amide bonds. The second-order valence-corrected chi connectivity index (χ2v) is 6.81. The number of anilines is 1. The predicted octanol–water partition coefficient (Wildman–Crippen LogP) is 2.24. The lowest BCUT2D eigenvalue weighted by molar-refractivity contribution is -0.152. The van der Waals surface area contributed by atoms with Crippen LogP contribution in [0.5, 0.6) is 0 Å². The van der Waals surface area contributed by atoms with Crippen LogP contribution in [0.25, 0.3) is 10.8 Å². The fourth-order valence-corrected chi connectivity index (χ4v) is 2.84. The summed E-state index contributed by atoms with van der Waals surface area (Å²) in [7, 11) is 0. The molecule has 3 rings (SSSR count). The summed E-state index contributed by atoms with van der Waals surface area (Å²) >= 11 is 0. The van der Waals surface area contributed by atoms with Gasteiger partial charge < -0.3 is 21.1 Å². The van der Waals surface area contributed by atoms with E-state index in [0.29, 0.717) is 16.8 Å². The third-order valence-corrected chi connectivity index (χ3v) is 4.52.